The van der Waals surface area contributed by atoms with Crippen molar-refractivity contribution in [3.8, 4) is 17.9 Å². The molecule has 0 spiro atoms. The van der Waals surface area contributed by atoms with Crippen LogP contribution in [0.4, 0.5) is 0 Å². The molecule has 0 aliphatic heterocycles. The number of nitrogens with one attached hydrogen (secondary N) is 1. The molecular weight excluding hydrogens is 200 g/mol. The number of hydrogen-bond donors (Lipinski definition) is 1. The standard InChI is InChI=1S/C13H22N2O/c1-4-15(5-2)11-7-6-9-13(3)16-12-8-10-14/h13H,4-5,8-9,11-12H2,1-3H3/p+1/t13-/m1/s1. The highest BCUT2D eigenvalue weighted by molar-refractivity contribution is 4.99. The summed E-state index contributed by atoms with van der Waals surface area (Å²) in [6, 6.07) is 2.06. The molecule has 0 aromatic carbocycles. The van der Waals surface area contributed by atoms with E-state index in [-0.39, 0.29) is 6.10 Å². The molecule has 1 N–H and O–H groups in total. The Morgan fingerprint density at radius 3 is 2.50 bits per heavy atom. The minimum atomic E-state index is 0.132. The summed E-state index contributed by atoms with van der Waals surface area (Å²) in [6.45, 7) is 10.0. The molecule has 3 nitrogen and oxygen atoms in total. The van der Waals surface area contributed by atoms with Crippen molar-refractivity contribution in [2.75, 3.05) is 26.2 Å². The summed E-state index contributed by atoms with van der Waals surface area (Å²) in [5.41, 5.74) is 0. The molecule has 0 saturated heterocycles. The average Bonchev–Trinajstić information content (AvgIpc) is 2.30. The number of hydrogen-bond acceptors (Lipinski definition) is 2. The molecule has 90 valence electrons. The molecule has 0 amide bonds. The molecule has 0 aromatic rings. The molecule has 1 atom stereocenters. The van der Waals surface area contributed by atoms with Crippen molar-refractivity contribution < 1.29 is 9.64 Å². The number of nitrogens with zero attached hydrogens (tertiary/aromatic N) is 1. The van der Waals surface area contributed by atoms with E-state index in [0.717, 1.165) is 26.1 Å². The number of quaternary nitrogens is 1. The van der Waals surface area contributed by atoms with E-state index >= 15 is 0 Å². The van der Waals surface area contributed by atoms with Gasteiger partial charge in [0.05, 0.1) is 38.3 Å². The Bertz CT molecular complexity index is 255. The second kappa shape index (κ2) is 10.5. The minimum Gasteiger partial charge on any atom is -0.376 e. The summed E-state index contributed by atoms with van der Waals surface area (Å²) < 4.78 is 5.41. The van der Waals surface area contributed by atoms with Gasteiger partial charge in [0.2, 0.25) is 0 Å². The van der Waals surface area contributed by atoms with Crippen LogP contribution in [-0.2, 0) is 4.74 Å². The van der Waals surface area contributed by atoms with Crippen LogP contribution in [0.5, 0.6) is 0 Å². The van der Waals surface area contributed by atoms with Crippen LogP contribution in [0, 0.1) is 23.2 Å². The first-order chi connectivity index (χ1) is 7.74. The lowest BCUT2D eigenvalue weighted by Gasteiger charge is -2.11. The van der Waals surface area contributed by atoms with Crippen molar-refractivity contribution in [3.63, 3.8) is 0 Å². The summed E-state index contributed by atoms with van der Waals surface area (Å²) in [6.07, 6.45) is 1.35. The Kier molecular flexibility index (Phi) is 9.81. The summed E-state index contributed by atoms with van der Waals surface area (Å²) in [7, 11) is 0. The van der Waals surface area contributed by atoms with Crippen molar-refractivity contribution in [2.24, 2.45) is 0 Å². The molecule has 0 aromatic heterocycles. The van der Waals surface area contributed by atoms with Gasteiger partial charge in [-0.25, -0.2) is 0 Å². The van der Waals surface area contributed by atoms with Gasteiger partial charge in [0.15, 0.2) is 0 Å². The van der Waals surface area contributed by atoms with Gasteiger partial charge in [-0.05, 0) is 26.7 Å². The largest absolute Gasteiger partial charge is 0.376 e. The van der Waals surface area contributed by atoms with Gasteiger partial charge in [-0.2, -0.15) is 5.26 Å². The second-order valence-electron chi connectivity index (χ2n) is 3.78. The van der Waals surface area contributed by atoms with Gasteiger partial charge in [-0.1, -0.05) is 5.92 Å². The van der Waals surface area contributed by atoms with Crippen LogP contribution in [0.15, 0.2) is 0 Å². The van der Waals surface area contributed by atoms with Crippen LogP contribution < -0.4 is 4.90 Å². The number of rotatable bonds is 7. The lowest BCUT2D eigenvalue weighted by molar-refractivity contribution is -0.889. The number of ether oxygens (including phenoxy) is 1. The van der Waals surface area contributed by atoms with Crippen LogP contribution in [0.1, 0.15) is 33.6 Å². The molecule has 0 aliphatic carbocycles. The maximum atomic E-state index is 8.35. The van der Waals surface area contributed by atoms with E-state index < -0.39 is 0 Å². The molecule has 0 radical (unpaired) electrons. The highest BCUT2D eigenvalue weighted by Gasteiger charge is 1.99. The average molecular weight is 223 g/mol. The van der Waals surface area contributed by atoms with E-state index in [9.17, 15) is 0 Å². The van der Waals surface area contributed by atoms with Crippen LogP contribution in [-0.4, -0.2) is 32.3 Å². The molecule has 0 fully saturated rings. The fourth-order valence-electron chi connectivity index (χ4n) is 1.27. The van der Waals surface area contributed by atoms with Crippen molar-refractivity contribution in [3.05, 3.63) is 0 Å². The van der Waals surface area contributed by atoms with Crippen LogP contribution in [0.2, 0.25) is 0 Å². The Labute approximate surface area is 99.4 Å². The molecule has 0 aliphatic rings. The molecule has 0 saturated carbocycles. The zero-order valence-corrected chi connectivity index (χ0v) is 10.7. The van der Waals surface area contributed by atoms with Crippen molar-refractivity contribution >= 4 is 0 Å². The maximum absolute atomic E-state index is 8.35. The molecular formula is C13H23N2O+. The van der Waals surface area contributed by atoms with Crippen LogP contribution >= 0.6 is 0 Å². The smallest absolute Gasteiger partial charge is 0.139 e. The summed E-state index contributed by atoms with van der Waals surface area (Å²) in [5, 5.41) is 8.35. The maximum Gasteiger partial charge on any atom is 0.139 e. The van der Waals surface area contributed by atoms with Gasteiger partial charge in [-0.3, -0.25) is 0 Å². The first-order valence-electron chi connectivity index (χ1n) is 6.02. The highest BCUT2D eigenvalue weighted by Crippen LogP contribution is 1.96. The van der Waals surface area contributed by atoms with Crippen molar-refractivity contribution in [1.29, 1.82) is 5.26 Å². The quantitative estimate of drug-likeness (QED) is 0.507. The predicted molar refractivity (Wildman–Crippen MR) is 64.9 cm³/mol. The Morgan fingerprint density at radius 1 is 1.25 bits per heavy atom. The van der Waals surface area contributed by atoms with Gasteiger partial charge in [0.1, 0.15) is 6.54 Å². The van der Waals surface area contributed by atoms with Crippen molar-refractivity contribution in [2.45, 2.75) is 39.7 Å². The fraction of sp³-hybridized carbons (Fsp3) is 0.769. The highest BCUT2D eigenvalue weighted by atomic mass is 16.5. The zero-order chi connectivity index (χ0) is 12.2. The minimum absolute atomic E-state index is 0.132. The molecule has 3 heteroatoms. The molecule has 0 heterocycles. The SMILES string of the molecule is CC[NH+](CC)CC#CC[C@@H](C)OCCC#N. The molecule has 0 rings (SSSR count). The fourth-order valence-corrected chi connectivity index (χ4v) is 1.27. The van der Waals surface area contributed by atoms with E-state index in [0.29, 0.717) is 13.0 Å². The molecule has 0 bridgehead atoms. The zero-order valence-electron chi connectivity index (χ0n) is 10.7. The molecule has 16 heavy (non-hydrogen) atoms. The summed E-state index contributed by atoms with van der Waals surface area (Å²) in [5.74, 6) is 6.31. The lowest BCUT2D eigenvalue weighted by atomic mass is 10.3. The van der Waals surface area contributed by atoms with E-state index in [1.165, 1.54) is 4.90 Å². The summed E-state index contributed by atoms with van der Waals surface area (Å²) >= 11 is 0. The van der Waals surface area contributed by atoms with Gasteiger partial charge in [-0.15, -0.1) is 0 Å². The Morgan fingerprint density at radius 2 is 1.94 bits per heavy atom. The number of nitriles is 1. The predicted octanol–water partition coefficient (Wildman–Crippen LogP) is 0.623. The van der Waals surface area contributed by atoms with Gasteiger partial charge in [0.25, 0.3) is 0 Å². The topological polar surface area (TPSA) is 37.5 Å². The Hall–Kier alpha value is -1.03. The Balaban J connectivity index is 3.62. The van der Waals surface area contributed by atoms with Gasteiger partial charge >= 0.3 is 0 Å². The summed E-state index contributed by atoms with van der Waals surface area (Å²) in [4.78, 5) is 1.51. The van der Waals surface area contributed by atoms with E-state index in [1.54, 1.807) is 0 Å². The van der Waals surface area contributed by atoms with E-state index in [4.69, 9.17) is 10.00 Å². The lowest BCUT2D eigenvalue weighted by Crippen LogP contribution is -3.11. The third-order valence-corrected chi connectivity index (χ3v) is 2.47. The van der Waals surface area contributed by atoms with Crippen molar-refractivity contribution in [1.82, 2.24) is 0 Å². The second-order valence-corrected chi connectivity index (χ2v) is 3.78. The third-order valence-electron chi connectivity index (χ3n) is 2.47. The first kappa shape index (κ1) is 15.0. The van der Waals surface area contributed by atoms with Gasteiger partial charge < -0.3 is 9.64 Å². The van der Waals surface area contributed by atoms with Crippen LogP contribution in [0.3, 0.4) is 0 Å². The monoisotopic (exact) mass is 223 g/mol. The van der Waals surface area contributed by atoms with Crippen LogP contribution in [0.25, 0.3) is 0 Å². The van der Waals surface area contributed by atoms with E-state index in [2.05, 4.69) is 31.8 Å². The normalized spacial score (nSPS) is 11.7. The first-order valence-corrected chi connectivity index (χ1v) is 6.02. The van der Waals surface area contributed by atoms with E-state index in [1.807, 2.05) is 6.92 Å². The third kappa shape index (κ3) is 8.29. The molecule has 0 unspecified atom stereocenters. The van der Waals surface area contributed by atoms with Gasteiger partial charge in [0, 0.05) is 6.42 Å².